The Morgan fingerprint density at radius 3 is 2.89 bits per heavy atom. The summed E-state index contributed by atoms with van der Waals surface area (Å²) in [5.41, 5.74) is 1.38. The number of nitrogens with zero attached hydrogens (tertiary/aromatic N) is 2. The summed E-state index contributed by atoms with van der Waals surface area (Å²) in [6, 6.07) is 9.03. The minimum absolute atomic E-state index is 0.173. The molecule has 1 aromatic rings. The van der Waals surface area contributed by atoms with Gasteiger partial charge in [0.2, 0.25) is 10.0 Å². The monoisotopic (exact) mass is 260 g/mol. The van der Waals surface area contributed by atoms with Crippen molar-refractivity contribution >= 4 is 15.7 Å². The Bertz CT molecular complexity index is 648. The number of benzene rings is 1. The number of sulfonamides is 1. The maximum absolute atomic E-state index is 11.8. The van der Waals surface area contributed by atoms with Gasteiger partial charge in [-0.25, -0.2) is 8.42 Å². The highest BCUT2D eigenvalue weighted by molar-refractivity contribution is 7.93. The van der Waals surface area contributed by atoms with E-state index >= 15 is 0 Å². The van der Waals surface area contributed by atoms with E-state index in [1.807, 2.05) is 6.07 Å². The molecule has 0 atom stereocenters. The summed E-state index contributed by atoms with van der Waals surface area (Å²) in [4.78, 5) is 0. The second kappa shape index (κ2) is 5.12. The molecule has 0 saturated carbocycles. The molecule has 1 aliphatic heterocycles. The third-order valence-corrected chi connectivity index (χ3v) is 4.50. The van der Waals surface area contributed by atoms with Crippen LogP contribution in [0.5, 0.6) is 0 Å². The normalized spacial score (nSPS) is 16.7. The minimum Gasteiger partial charge on any atom is -0.270 e. The van der Waals surface area contributed by atoms with Gasteiger partial charge in [-0.2, -0.15) is 5.26 Å². The van der Waals surface area contributed by atoms with E-state index in [4.69, 9.17) is 5.26 Å². The van der Waals surface area contributed by atoms with Crippen LogP contribution in [0, 0.1) is 23.2 Å². The lowest BCUT2D eigenvalue weighted by Gasteiger charge is -2.16. The molecule has 4 nitrogen and oxygen atoms in total. The van der Waals surface area contributed by atoms with Crippen molar-refractivity contribution in [1.82, 2.24) is 0 Å². The Morgan fingerprint density at radius 2 is 2.22 bits per heavy atom. The molecule has 18 heavy (non-hydrogen) atoms. The maximum atomic E-state index is 11.8. The van der Waals surface area contributed by atoms with Crippen molar-refractivity contribution in [2.24, 2.45) is 0 Å². The van der Waals surface area contributed by atoms with Crippen molar-refractivity contribution in [3.63, 3.8) is 0 Å². The van der Waals surface area contributed by atoms with Crippen LogP contribution in [0.3, 0.4) is 0 Å². The highest BCUT2D eigenvalue weighted by Crippen LogP contribution is 2.24. The molecule has 2 rings (SSSR count). The summed E-state index contributed by atoms with van der Waals surface area (Å²) in [6.45, 7) is 0.525. The fourth-order valence-electron chi connectivity index (χ4n) is 1.85. The maximum Gasteiger partial charge on any atom is 0.235 e. The Kier molecular flexibility index (Phi) is 3.55. The third-order valence-electron chi connectivity index (χ3n) is 2.63. The van der Waals surface area contributed by atoms with Gasteiger partial charge >= 0.3 is 0 Å². The molecule has 0 aromatic heterocycles. The molecule has 1 heterocycles. The average molecular weight is 260 g/mol. The standard InChI is InChI=1S/C13H12N2O2S/c14-8-2-1-5-12-6-3-7-13(11-12)15-9-4-10-18(15,16)17/h3,6-7,11H,2,4,9-10H2. The predicted molar refractivity (Wildman–Crippen MR) is 69.3 cm³/mol. The van der Waals surface area contributed by atoms with Gasteiger partial charge in [-0.05, 0) is 24.6 Å². The first-order valence-electron chi connectivity index (χ1n) is 5.60. The van der Waals surface area contributed by atoms with E-state index in [9.17, 15) is 8.42 Å². The van der Waals surface area contributed by atoms with Gasteiger partial charge in [-0.3, -0.25) is 4.31 Å². The van der Waals surface area contributed by atoms with E-state index in [-0.39, 0.29) is 12.2 Å². The van der Waals surface area contributed by atoms with E-state index < -0.39 is 10.0 Å². The van der Waals surface area contributed by atoms with Gasteiger partial charge < -0.3 is 0 Å². The largest absolute Gasteiger partial charge is 0.270 e. The first-order chi connectivity index (χ1) is 8.63. The summed E-state index contributed by atoms with van der Waals surface area (Å²) in [5.74, 6) is 5.76. The molecule has 1 saturated heterocycles. The Balaban J connectivity index is 2.29. The molecular weight excluding hydrogens is 248 g/mol. The quantitative estimate of drug-likeness (QED) is 0.719. The fraction of sp³-hybridized carbons (Fsp3) is 0.308. The zero-order valence-corrected chi connectivity index (χ0v) is 10.6. The summed E-state index contributed by atoms with van der Waals surface area (Å²) in [5, 5.41) is 8.40. The smallest absolute Gasteiger partial charge is 0.235 e. The average Bonchev–Trinajstić information content (AvgIpc) is 2.70. The molecule has 0 spiro atoms. The Labute approximate surface area is 107 Å². The number of hydrogen-bond donors (Lipinski definition) is 0. The van der Waals surface area contributed by atoms with E-state index in [0.717, 1.165) is 5.56 Å². The van der Waals surface area contributed by atoms with Crippen molar-refractivity contribution in [3.05, 3.63) is 29.8 Å². The zero-order chi connectivity index (χ0) is 13.0. The molecular formula is C13H12N2O2S. The number of rotatable bonds is 1. The molecule has 1 aromatic carbocycles. The van der Waals surface area contributed by atoms with E-state index in [1.54, 1.807) is 24.3 Å². The van der Waals surface area contributed by atoms with Crippen LogP contribution in [0.25, 0.3) is 0 Å². The molecule has 0 bridgehead atoms. The van der Waals surface area contributed by atoms with Crippen LogP contribution in [0.2, 0.25) is 0 Å². The van der Waals surface area contributed by atoms with Gasteiger partial charge in [0.05, 0.1) is 23.9 Å². The van der Waals surface area contributed by atoms with Crippen LogP contribution < -0.4 is 4.31 Å². The highest BCUT2D eigenvalue weighted by Gasteiger charge is 2.28. The molecule has 0 aliphatic carbocycles. The van der Waals surface area contributed by atoms with Crippen molar-refractivity contribution in [2.45, 2.75) is 12.8 Å². The number of nitriles is 1. The van der Waals surface area contributed by atoms with Gasteiger partial charge in [0, 0.05) is 12.1 Å². The Hall–Kier alpha value is -1.98. The van der Waals surface area contributed by atoms with Gasteiger partial charge in [0.25, 0.3) is 0 Å². The number of hydrogen-bond acceptors (Lipinski definition) is 3. The Morgan fingerprint density at radius 1 is 1.39 bits per heavy atom. The van der Waals surface area contributed by atoms with Crippen molar-refractivity contribution in [1.29, 1.82) is 5.26 Å². The lowest BCUT2D eigenvalue weighted by atomic mass is 10.2. The van der Waals surface area contributed by atoms with Crippen molar-refractivity contribution < 1.29 is 8.42 Å². The molecule has 92 valence electrons. The first-order valence-corrected chi connectivity index (χ1v) is 7.21. The summed E-state index contributed by atoms with van der Waals surface area (Å²) < 4.78 is 25.0. The van der Waals surface area contributed by atoms with Crippen molar-refractivity contribution in [2.75, 3.05) is 16.6 Å². The second-order valence-corrected chi connectivity index (χ2v) is 5.94. The van der Waals surface area contributed by atoms with Gasteiger partial charge in [-0.1, -0.05) is 17.9 Å². The third kappa shape index (κ3) is 2.64. The lowest BCUT2D eigenvalue weighted by molar-refractivity contribution is 0.599. The molecule has 1 aliphatic rings. The molecule has 0 unspecified atom stereocenters. The number of anilines is 1. The van der Waals surface area contributed by atoms with Gasteiger partial charge in [0.15, 0.2) is 0 Å². The van der Waals surface area contributed by atoms with Crippen LogP contribution in [0.4, 0.5) is 5.69 Å². The van der Waals surface area contributed by atoms with Gasteiger partial charge in [0.1, 0.15) is 0 Å². The van der Waals surface area contributed by atoms with Crippen LogP contribution in [-0.4, -0.2) is 20.7 Å². The molecule has 0 amide bonds. The van der Waals surface area contributed by atoms with Crippen LogP contribution in [-0.2, 0) is 10.0 Å². The minimum atomic E-state index is -3.15. The SMILES string of the molecule is N#CCC#Cc1cccc(N2CCCS2(=O)=O)c1. The van der Waals surface area contributed by atoms with E-state index in [1.165, 1.54) is 4.31 Å². The van der Waals surface area contributed by atoms with E-state index in [2.05, 4.69) is 11.8 Å². The van der Waals surface area contributed by atoms with Crippen LogP contribution in [0.1, 0.15) is 18.4 Å². The first kappa shape index (κ1) is 12.5. The summed E-state index contributed by atoms with van der Waals surface area (Å²) >= 11 is 0. The second-order valence-electron chi connectivity index (χ2n) is 3.93. The fourth-order valence-corrected chi connectivity index (χ4v) is 3.41. The summed E-state index contributed by atoms with van der Waals surface area (Å²) in [6.07, 6.45) is 0.832. The van der Waals surface area contributed by atoms with Crippen molar-refractivity contribution in [3.8, 4) is 17.9 Å². The molecule has 0 radical (unpaired) electrons. The molecule has 5 heteroatoms. The van der Waals surface area contributed by atoms with Crippen LogP contribution >= 0.6 is 0 Å². The topological polar surface area (TPSA) is 61.2 Å². The molecule has 0 N–H and O–H groups in total. The van der Waals surface area contributed by atoms with Gasteiger partial charge in [-0.15, -0.1) is 0 Å². The zero-order valence-electron chi connectivity index (χ0n) is 9.76. The highest BCUT2D eigenvalue weighted by atomic mass is 32.2. The summed E-state index contributed by atoms with van der Waals surface area (Å²) in [7, 11) is -3.15. The van der Waals surface area contributed by atoms with Crippen LogP contribution in [0.15, 0.2) is 24.3 Å². The molecule has 1 fully saturated rings. The lowest BCUT2D eigenvalue weighted by Crippen LogP contribution is -2.24. The predicted octanol–water partition coefficient (Wildman–Crippen LogP) is 1.49. The van der Waals surface area contributed by atoms with E-state index in [0.29, 0.717) is 18.7 Å².